The number of methoxy groups -OCH3 is 1. The Bertz CT molecular complexity index is 636. The number of para-hydroxylation sites is 2. The highest BCUT2D eigenvalue weighted by Gasteiger charge is 1.99. The summed E-state index contributed by atoms with van der Waals surface area (Å²) in [6, 6.07) is 14.7. The molecule has 2 N–H and O–H groups in total. The van der Waals surface area contributed by atoms with Gasteiger partial charge in [-0.25, -0.2) is 0 Å². The van der Waals surface area contributed by atoms with Gasteiger partial charge in [0.2, 0.25) is 0 Å². The van der Waals surface area contributed by atoms with Crippen LogP contribution < -0.4 is 15.2 Å². The Morgan fingerprint density at radius 1 is 1.19 bits per heavy atom. The number of nitrogens with two attached hydrogens (primary N) is 1. The van der Waals surface area contributed by atoms with Crippen LogP contribution >= 0.6 is 0 Å². The van der Waals surface area contributed by atoms with Crippen LogP contribution in [-0.4, -0.2) is 25.8 Å². The molecule has 0 heterocycles. The highest BCUT2D eigenvalue weighted by molar-refractivity contribution is 5.83. The molecule has 0 aliphatic carbocycles. The van der Waals surface area contributed by atoms with Crippen LogP contribution in [0.4, 0.5) is 5.69 Å². The van der Waals surface area contributed by atoms with Gasteiger partial charge in [-0.3, -0.25) is 9.79 Å². The van der Waals surface area contributed by atoms with E-state index in [2.05, 4.69) is 4.99 Å². The van der Waals surface area contributed by atoms with Crippen molar-refractivity contribution < 1.29 is 14.3 Å². The maximum Gasteiger partial charge on any atom is 0.255 e. The average Bonchev–Trinajstić information content (AvgIpc) is 2.52. The Labute approximate surface area is 123 Å². The SMILES string of the molecule is COc1ccccc1N=Cc1ccc(OCC(N)=O)cc1. The Hall–Kier alpha value is -2.82. The molecule has 0 bridgehead atoms. The molecule has 0 fully saturated rings. The normalized spacial score (nSPS) is 10.5. The molecule has 2 rings (SSSR count). The topological polar surface area (TPSA) is 73.9 Å². The number of carbonyl (C=O) groups is 1. The third-order valence-corrected chi connectivity index (χ3v) is 2.70. The lowest BCUT2D eigenvalue weighted by molar-refractivity contribution is -0.119. The number of nitrogens with zero attached hydrogens (tertiary/aromatic N) is 1. The molecule has 0 saturated heterocycles. The third kappa shape index (κ3) is 4.35. The molecule has 5 nitrogen and oxygen atoms in total. The molecule has 0 saturated carbocycles. The molecule has 0 aliphatic heterocycles. The summed E-state index contributed by atoms with van der Waals surface area (Å²) in [7, 11) is 1.61. The predicted molar refractivity (Wildman–Crippen MR) is 81.4 cm³/mol. The van der Waals surface area contributed by atoms with Crippen molar-refractivity contribution in [1.82, 2.24) is 0 Å². The number of rotatable bonds is 6. The molecule has 0 aromatic heterocycles. The zero-order valence-corrected chi connectivity index (χ0v) is 11.7. The Balaban J connectivity index is 2.06. The molecular formula is C16H16N2O3. The van der Waals surface area contributed by atoms with Crippen molar-refractivity contribution in [2.75, 3.05) is 13.7 Å². The number of hydrogen-bond donors (Lipinski definition) is 1. The molecule has 2 aromatic carbocycles. The Morgan fingerprint density at radius 3 is 2.57 bits per heavy atom. The van der Waals surface area contributed by atoms with Gasteiger partial charge in [0.15, 0.2) is 6.61 Å². The second-order valence-electron chi connectivity index (χ2n) is 4.25. The van der Waals surface area contributed by atoms with Crippen LogP contribution in [-0.2, 0) is 4.79 Å². The molecule has 0 aliphatic rings. The Morgan fingerprint density at radius 2 is 1.90 bits per heavy atom. The van der Waals surface area contributed by atoms with Gasteiger partial charge in [-0.15, -0.1) is 0 Å². The third-order valence-electron chi connectivity index (χ3n) is 2.70. The summed E-state index contributed by atoms with van der Waals surface area (Å²) in [4.78, 5) is 15.0. The number of aliphatic imine (C=N–C) groups is 1. The first-order valence-corrected chi connectivity index (χ1v) is 6.37. The molecule has 1 amide bonds. The number of hydrogen-bond acceptors (Lipinski definition) is 4. The van der Waals surface area contributed by atoms with Crippen LogP contribution in [0.25, 0.3) is 0 Å². The van der Waals surface area contributed by atoms with E-state index >= 15 is 0 Å². The van der Waals surface area contributed by atoms with Crippen molar-refractivity contribution in [2.45, 2.75) is 0 Å². The van der Waals surface area contributed by atoms with Gasteiger partial charge in [-0.2, -0.15) is 0 Å². The van der Waals surface area contributed by atoms with Crippen LogP contribution in [0, 0.1) is 0 Å². The van der Waals surface area contributed by atoms with E-state index in [4.69, 9.17) is 15.2 Å². The van der Waals surface area contributed by atoms with Gasteiger partial charge in [0, 0.05) is 6.21 Å². The van der Waals surface area contributed by atoms with Gasteiger partial charge in [0.05, 0.1) is 7.11 Å². The van der Waals surface area contributed by atoms with Gasteiger partial charge in [-0.05, 0) is 42.0 Å². The summed E-state index contributed by atoms with van der Waals surface area (Å²) < 4.78 is 10.4. The number of benzene rings is 2. The van der Waals surface area contributed by atoms with Gasteiger partial charge >= 0.3 is 0 Å². The standard InChI is InChI=1S/C16H16N2O3/c1-20-15-5-3-2-4-14(15)18-10-12-6-8-13(9-7-12)21-11-16(17)19/h2-10H,11H2,1H3,(H2,17,19). The first-order valence-electron chi connectivity index (χ1n) is 6.37. The van der Waals surface area contributed by atoms with E-state index in [0.717, 1.165) is 17.0 Å². The van der Waals surface area contributed by atoms with Gasteiger partial charge < -0.3 is 15.2 Å². The minimum absolute atomic E-state index is 0.130. The van der Waals surface area contributed by atoms with E-state index in [9.17, 15) is 4.79 Å². The summed E-state index contributed by atoms with van der Waals surface area (Å²) in [5.74, 6) is 0.801. The van der Waals surface area contributed by atoms with Crippen molar-refractivity contribution in [3.05, 3.63) is 54.1 Å². The van der Waals surface area contributed by atoms with E-state index in [1.54, 1.807) is 25.5 Å². The highest BCUT2D eigenvalue weighted by atomic mass is 16.5. The monoisotopic (exact) mass is 284 g/mol. The summed E-state index contributed by atoms with van der Waals surface area (Å²) in [6.45, 7) is -0.130. The maximum atomic E-state index is 10.6. The summed E-state index contributed by atoms with van der Waals surface area (Å²) >= 11 is 0. The van der Waals surface area contributed by atoms with E-state index in [1.165, 1.54) is 0 Å². The fraction of sp³-hybridized carbons (Fsp3) is 0.125. The molecule has 5 heteroatoms. The van der Waals surface area contributed by atoms with Crippen molar-refractivity contribution >= 4 is 17.8 Å². The van der Waals surface area contributed by atoms with Gasteiger partial charge in [-0.1, -0.05) is 12.1 Å². The number of amides is 1. The zero-order valence-electron chi connectivity index (χ0n) is 11.7. The Kier molecular flexibility index (Phi) is 4.93. The number of primary amides is 1. The minimum Gasteiger partial charge on any atom is -0.494 e. The molecule has 2 aromatic rings. The lowest BCUT2D eigenvalue weighted by atomic mass is 10.2. The fourth-order valence-corrected chi connectivity index (χ4v) is 1.69. The van der Waals surface area contributed by atoms with E-state index in [-0.39, 0.29) is 6.61 Å². The van der Waals surface area contributed by atoms with Gasteiger partial charge in [0.1, 0.15) is 17.2 Å². The largest absolute Gasteiger partial charge is 0.494 e. The molecule has 0 spiro atoms. The second-order valence-corrected chi connectivity index (χ2v) is 4.25. The molecule has 0 radical (unpaired) electrons. The fourth-order valence-electron chi connectivity index (χ4n) is 1.69. The molecule has 0 unspecified atom stereocenters. The van der Waals surface area contributed by atoms with Crippen LogP contribution in [0.3, 0.4) is 0 Å². The summed E-state index contributed by atoms with van der Waals surface area (Å²) in [5, 5.41) is 0. The first kappa shape index (κ1) is 14.6. The van der Waals surface area contributed by atoms with Crippen molar-refractivity contribution in [1.29, 1.82) is 0 Å². The lowest BCUT2D eigenvalue weighted by Crippen LogP contribution is -2.19. The maximum absolute atomic E-state index is 10.6. The molecule has 21 heavy (non-hydrogen) atoms. The minimum atomic E-state index is -0.503. The van der Waals surface area contributed by atoms with E-state index in [1.807, 2.05) is 36.4 Å². The molecule has 108 valence electrons. The predicted octanol–water partition coefficient (Wildman–Crippen LogP) is 2.31. The van der Waals surface area contributed by atoms with Crippen LogP contribution in [0.1, 0.15) is 5.56 Å². The first-order chi connectivity index (χ1) is 10.2. The van der Waals surface area contributed by atoms with Crippen molar-refractivity contribution in [3.63, 3.8) is 0 Å². The summed E-state index contributed by atoms with van der Waals surface area (Å²) in [5.41, 5.74) is 6.68. The zero-order chi connectivity index (χ0) is 15.1. The molecule has 0 atom stereocenters. The van der Waals surface area contributed by atoms with Crippen LogP contribution in [0.15, 0.2) is 53.5 Å². The average molecular weight is 284 g/mol. The highest BCUT2D eigenvalue weighted by Crippen LogP contribution is 2.26. The van der Waals surface area contributed by atoms with Crippen LogP contribution in [0.5, 0.6) is 11.5 Å². The van der Waals surface area contributed by atoms with Crippen LogP contribution in [0.2, 0.25) is 0 Å². The number of carbonyl (C=O) groups excluding carboxylic acids is 1. The quantitative estimate of drug-likeness (QED) is 0.827. The van der Waals surface area contributed by atoms with Gasteiger partial charge in [0.25, 0.3) is 5.91 Å². The van der Waals surface area contributed by atoms with E-state index < -0.39 is 5.91 Å². The van der Waals surface area contributed by atoms with Crippen molar-refractivity contribution in [3.8, 4) is 11.5 Å². The number of ether oxygens (including phenoxy) is 2. The smallest absolute Gasteiger partial charge is 0.255 e. The lowest BCUT2D eigenvalue weighted by Gasteiger charge is -2.04. The van der Waals surface area contributed by atoms with E-state index in [0.29, 0.717) is 5.75 Å². The summed E-state index contributed by atoms with van der Waals surface area (Å²) in [6.07, 6.45) is 1.73. The second kappa shape index (κ2) is 7.09. The molecular weight excluding hydrogens is 268 g/mol. The van der Waals surface area contributed by atoms with Crippen molar-refractivity contribution in [2.24, 2.45) is 10.7 Å².